The first-order valence-corrected chi connectivity index (χ1v) is 11.3. The molecule has 0 saturated carbocycles. The van der Waals surface area contributed by atoms with Crippen LogP contribution in [0.5, 0.6) is 0 Å². The van der Waals surface area contributed by atoms with E-state index < -0.39 is 0 Å². The number of aromatic nitrogens is 1. The molecule has 5 aromatic rings. The van der Waals surface area contributed by atoms with Crippen LogP contribution in [0.4, 0.5) is 0 Å². The average molecular weight is 418 g/mol. The van der Waals surface area contributed by atoms with Crippen LogP contribution in [-0.4, -0.2) is 17.8 Å². The second-order valence-corrected chi connectivity index (χ2v) is 8.79. The van der Waals surface area contributed by atoms with E-state index in [0.29, 0.717) is 30.3 Å². The summed E-state index contributed by atoms with van der Waals surface area (Å²) in [5.41, 5.74) is -0.401. The quantitative estimate of drug-likeness (QED) is 0.199. The monoisotopic (exact) mass is 417 g/mol. The highest BCUT2D eigenvalue weighted by Crippen LogP contribution is 2.39. The van der Waals surface area contributed by atoms with E-state index in [1.807, 2.05) is 36.4 Å². The van der Waals surface area contributed by atoms with E-state index >= 15 is 0 Å². The van der Waals surface area contributed by atoms with Crippen molar-refractivity contribution >= 4 is 53.1 Å². The molecule has 4 nitrogen and oxygen atoms in total. The zero-order valence-electron chi connectivity index (χ0n) is 16.9. The van der Waals surface area contributed by atoms with E-state index in [1.54, 1.807) is 11.3 Å². The topological polar surface area (TPSA) is 48.3 Å². The van der Waals surface area contributed by atoms with Gasteiger partial charge in [-0.2, -0.15) is 0 Å². The van der Waals surface area contributed by atoms with Gasteiger partial charge in [-0.05, 0) is 47.9 Å². The third-order valence-electron chi connectivity index (χ3n) is 5.78. The summed E-state index contributed by atoms with van der Waals surface area (Å²) < 4.78 is 9.28. The molecular formula is C25H23NO3S. The number of rotatable bonds is 7. The molecule has 0 spiro atoms. The molecule has 0 atom stereocenters. The summed E-state index contributed by atoms with van der Waals surface area (Å²) in [6.45, 7) is 3.79. The normalized spacial score (nSPS) is 12.0. The van der Waals surface area contributed by atoms with Crippen LogP contribution in [0.1, 0.15) is 26.2 Å². The summed E-state index contributed by atoms with van der Waals surface area (Å²) in [5, 5.41) is 5.33. The molecule has 0 bridgehead atoms. The van der Waals surface area contributed by atoms with Gasteiger partial charge in [0.05, 0.1) is 0 Å². The first-order chi connectivity index (χ1) is 14.7. The summed E-state index contributed by atoms with van der Waals surface area (Å²) in [4.78, 5) is 26.4. The van der Waals surface area contributed by atoms with Crippen molar-refractivity contribution in [3.05, 3.63) is 69.2 Å². The first-order valence-electron chi connectivity index (χ1n) is 10.5. The molecule has 0 saturated heterocycles. The van der Waals surface area contributed by atoms with Gasteiger partial charge >= 0.3 is 0 Å². The van der Waals surface area contributed by atoms with Crippen molar-refractivity contribution in [3.8, 4) is 0 Å². The Labute approximate surface area is 177 Å². The van der Waals surface area contributed by atoms with Gasteiger partial charge in [0, 0.05) is 50.7 Å². The van der Waals surface area contributed by atoms with E-state index in [-0.39, 0.29) is 11.1 Å². The molecular weight excluding hydrogens is 394 g/mol. The van der Waals surface area contributed by atoms with Crippen LogP contribution in [0.15, 0.2) is 58.1 Å². The van der Waals surface area contributed by atoms with Crippen molar-refractivity contribution < 1.29 is 4.74 Å². The molecule has 0 fully saturated rings. The number of nitrogens with zero attached hydrogens (tertiary/aromatic N) is 1. The minimum Gasteiger partial charge on any atom is -0.381 e. The highest BCUT2D eigenvalue weighted by molar-refractivity contribution is 7.25. The third-order valence-corrected chi connectivity index (χ3v) is 6.92. The summed E-state index contributed by atoms with van der Waals surface area (Å²) in [6, 6.07) is 16.1. The fourth-order valence-corrected chi connectivity index (χ4v) is 5.41. The van der Waals surface area contributed by atoms with Crippen molar-refractivity contribution in [1.29, 1.82) is 0 Å². The molecule has 30 heavy (non-hydrogen) atoms. The number of hydrogen-bond acceptors (Lipinski definition) is 4. The van der Waals surface area contributed by atoms with Crippen LogP contribution in [-0.2, 0) is 11.3 Å². The molecule has 5 rings (SSSR count). The van der Waals surface area contributed by atoms with E-state index in [4.69, 9.17) is 4.74 Å². The van der Waals surface area contributed by atoms with E-state index in [2.05, 4.69) is 19.1 Å². The molecule has 2 heterocycles. The first kappa shape index (κ1) is 19.2. The maximum atomic E-state index is 13.2. The molecule has 152 valence electrons. The number of pyridine rings is 1. The Balaban J connectivity index is 1.67. The van der Waals surface area contributed by atoms with Gasteiger partial charge in [-0.15, -0.1) is 11.3 Å². The molecule has 5 heteroatoms. The number of ether oxygens (including phenoxy) is 1. The molecule has 0 unspecified atom stereocenters. The summed E-state index contributed by atoms with van der Waals surface area (Å²) in [7, 11) is 0. The van der Waals surface area contributed by atoms with Crippen molar-refractivity contribution in [2.24, 2.45) is 0 Å². The SMILES string of the molecule is CCCCOCCCn1c(=O)c2ccc3sc4ccccc4c4ccc(c1=O)c2c34. The van der Waals surface area contributed by atoms with E-state index in [0.717, 1.165) is 45.7 Å². The van der Waals surface area contributed by atoms with Gasteiger partial charge in [0.1, 0.15) is 0 Å². The van der Waals surface area contributed by atoms with Crippen LogP contribution in [0, 0.1) is 0 Å². The lowest BCUT2D eigenvalue weighted by Crippen LogP contribution is -2.33. The third kappa shape index (κ3) is 3.01. The minimum atomic E-state index is -0.200. The van der Waals surface area contributed by atoms with Crippen molar-refractivity contribution in [3.63, 3.8) is 0 Å². The molecule has 3 aromatic carbocycles. The Morgan fingerprint density at radius 3 is 2.27 bits per heavy atom. The van der Waals surface area contributed by atoms with Gasteiger partial charge in [-0.25, -0.2) is 0 Å². The van der Waals surface area contributed by atoms with Crippen LogP contribution in [0.3, 0.4) is 0 Å². The van der Waals surface area contributed by atoms with Gasteiger partial charge < -0.3 is 4.74 Å². The Morgan fingerprint density at radius 2 is 1.47 bits per heavy atom. The number of unbranched alkanes of at least 4 members (excludes halogenated alkanes) is 1. The Kier molecular flexibility index (Phi) is 5.01. The van der Waals surface area contributed by atoms with Gasteiger partial charge in [0.2, 0.25) is 0 Å². The fourth-order valence-electron chi connectivity index (χ4n) is 4.29. The van der Waals surface area contributed by atoms with Gasteiger partial charge in [0.25, 0.3) is 11.1 Å². The van der Waals surface area contributed by atoms with Crippen molar-refractivity contribution in [1.82, 2.24) is 4.57 Å². The Hall–Kier alpha value is -2.76. The molecule has 0 amide bonds. The van der Waals surface area contributed by atoms with Crippen molar-refractivity contribution in [2.75, 3.05) is 13.2 Å². The molecule has 2 aromatic heterocycles. The lowest BCUT2D eigenvalue weighted by molar-refractivity contribution is 0.125. The maximum absolute atomic E-state index is 13.2. The lowest BCUT2D eigenvalue weighted by atomic mass is 9.98. The standard InChI is InChI=1S/C25H23NO3S/c1-2-3-14-29-15-6-13-26-24(27)18-10-9-17-16-7-4-5-8-20(16)30-21-12-11-19(25(26)28)22(18)23(17)21/h4-5,7-12H,2-3,6,13-15H2,1H3. The lowest BCUT2D eigenvalue weighted by Gasteiger charge is -2.14. The van der Waals surface area contributed by atoms with Gasteiger partial charge in [0.15, 0.2) is 0 Å². The van der Waals surface area contributed by atoms with Gasteiger partial charge in [-0.3, -0.25) is 14.2 Å². The molecule has 0 aliphatic rings. The second-order valence-electron chi connectivity index (χ2n) is 7.70. The Bertz CT molecular complexity index is 1450. The average Bonchev–Trinajstić information content (AvgIpc) is 2.77. The number of benzene rings is 3. The fraction of sp³-hybridized carbons (Fsp3) is 0.280. The largest absolute Gasteiger partial charge is 0.381 e. The maximum Gasteiger partial charge on any atom is 0.261 e. The van der Waals surface area contributed by atoms with Crippen LogP contribution < -0.4 is 11.1 Å². The zero-order valence-corrected chi connectivity index (χ0v) is 17.8. The highest BCUT2D eigenvalue weighted by Gasteiger charge is 2.17. The number of hydrogen-bond donors (Lipinski definition) is 0. The minimum absolute atomic E-state index is 0.200. The molecule has 0 aliphatic heterocycles. The van der Waals surface area contributed by atoms with Crippen LogP contribution in [0.2, 0.25) is 0 Å². The predicted molar refractivity (Wildman–Crippen MR) is 126 cm³/mol. The van der Waals surface area contributed by atoms with Crippen LogP contribution >= 0.6 is 11.3 Å². The zero-order chi connectivity index (χ0) is 20.7. The predicted octanol–water partition coefficient (Wildman–Crippen LogP) is 5.53. The van der Waals surface area contributed by atoms with Crippen LogP contribution in [0.25, 0.3) is 41.7 Å². The van der Waals surface area contributed by atoms with Crippen molar-refractivity contribution in [2.45, 2.75) is 32.7 Å². The highest BCUT2D eigenvalue weighted by atomic mass is 32.1. The summed E-state index contributed by atoms with van der Waals surface area (Å²) in [5.74, 6) is 0. The summed E-state index contributed by atoms with van der Waals surface area (Å²) >= 11 is 1.70. The second kappa shape index (κ2) is 7.82. The molecule has 0 radical (unpaired) electrons. The van der Waals surface area contributed by atoms with E-state index in [1.165, 1.54) is 9.27 Å². The number of fused-ring (bicyclic) bond motifs is 2. The molecule has 0 N–H and O–H groups in total. The Morgan fingerprint density at radius 1 is 0.767 bits per heavy atom. The van der Waals surface area contributed by atoms with E-state index in [9.17, 15) is 9.59 Å². The molecule has 0 aliphatic carbocycles. The van der Waals surface area contributed by atoms with Gasteiger partial charge in [-0.1, -0.05) is 37.6 Å². The summed E-state index contributed by atoms with van der Waals surface area (Å²) in [6.07, 6.45) is 2.78. The smallest absolute Gasteiger partial charge is 0.261 e.